The Bertz CT molecular complexity index is 1040. The second-order valence-electron chi connectivity index (χ2n) is 8.24. The Hall–Kier alpha value is -2.67. The molecule has 29 heavy (non-hydrogen) atoms. The number of aryl methyl sites for hydroxylation is 1. The summed E-state index contributed by atoms with van der Waals surface area (Å²) >= 11 is 0. The first-order valence-electron chi connectivity index (χ1n) is 10.0. The summed E-state index contributed by atoms with van der Waals surface area (Å²) < 4.78 is 16.1. The van der Waals surface area contributed by atoms with Gasteiger partial charge in [0.25, 0.3) is 0 Å². The molecule has 6 nitrogen and oxygen atoms in total. The summed E-state index contributed by atoms with van der Waals surface area (Å²) in [5, 5.41) is 9.14. The van der Waals surface area contributed by atoms with E-state index in [4.69, 9.17) is 0 Å². The van der Waals surface area contributed by atoms with Crippen LogP contribution in [-0.4, -0.2) is 50.8 Å². The van der Waals surface area contributed by atoms with Crippen molar-refractivity contribution in [2.24, 2.45) is 13.0 Å². The number of pyridine rings is 1. The van der Waals surface area contributed by atoms with Crippen molar-refractivity contribution < 1.29 is 9.18 Å². The molecule has 1 fully saturated rings. The Kier molecular flexibility index (Phi) is 5.41. The first kappa shape index (κ1) is 19.6. The molecule has 1 aromatic carbocycles. The van der Waals surface area contributed by atoms with Crippen LogP contribution in [-0.2, 0) is 18.3 Å². The molecule has 1 aliphatic carbocycles. The fourth-order valence-electron chi connectivity index (χ4n) is 4.22. The second kappa shape index (κ2) is 7.99. The number of hydrogen-bond acceptors (Lipinski definition) is 5. The summed E-state index contributed by atoms with van der Waals surface area (Å²) in [4.78, 5) is 19.4. The highest BCUT2D eigenvalue weighted by atomic mass is 19.1. The van der Waals surface area contributed by atoms with Gasteiger partial charge < -0.3 is 4.90 Å². The summed E-state index contributed by atoms with van der Waals surface area (Å²) in [6.07, 6.45) is 7.54. The highest BCUT2D eigenvalue weighted by Crippen LogP contribution is 2.29. The molecule has 1 saturated carbocycles. The minimum atomic E-state index is -0.351. The minimum Gasteiger partial charge on any atom is -0.306 e. The van der Waals surface area contributed by atoms with Crippen LogP contribution in [0.2, 0.25) is 0 Å². The van der Waals surface area contributed by atoms with E-state index in [1.165, 1.54) is 12.3 Å². The van der Waals surface area contributed by atoms with Gasteiger partial charge in [-0.1, -0.05) is 5.21 Å². The van der Waals surface area contributed by atoms with E-state index in [-0.39, 0.29) is 17.5 Å². The third-order valence-corrected chi connectivity index (χ3v) is 5.98. The lowest BCUT2D eigenvalue weighted by molar-refractivity contribution is -0.123. The number of carbonyl (C=O) groups is 1. The Morgan fingerprint density at radius 1 is 1.21 bits per heavy atom. The van der Waals surface area contributed by atoms with Gasteiger partial charge in [-0.3, -0.25) is 14.5 Å². The normalized spacial score (nSPS) is 19.8. The number of carbonyl (C=O) groups excluding carboxylic acids is 1. The molecule has 7 heteroatoms. The standard InChI is InChI=1S/C22H26FN5O/c1-27(2)18-6-4-14(5-7-18)22(29)11-17-9-15-8-16(21-13-28(3)26-25-21)10-20(23)19(15)12-24-17/h8-10,12-14,18H,4-7,11H2,1-3H3. The first-order chi connectivity index (χ1) is 13.9. The van der Waals surface area contributed by atoms with Gasteiger partial charge in [-0.2, -0.15) is 0 Å². The van der Waals surface area contributed by atoms with E-state index in [0.717, 1.165) is 31.1 Å². The lowest BCUT2D eigenvalue weighted by Crippen LogP contribution is -2.34. The van der Waals surface area contributed by atoms with Crippen LogP contribution in [0.5, 0.6) is 0 Å². The van der Waals surface area contributed by atoms with Crippen LogP contribution in [0.3, 0.4) is 0 Å². The van der Waals surface area contributed by atoms with Gasteiger partial charge in [-0.25, -0.2) is 4.39 Å². The molecule has 0 aliphatic heterocycles. The summed E-state index contributed by atoms with van der Waals surface area (Å²) in [6.45, 7) is 0. The Morgan fingerprint density at radius 2 is 1.97 bits per heavy atom. The number of rotatable bonds is 5. The molecule has 0 N–H and O–H groups in total. The molecular formula is C22H26FN5O. The second-order valence-corrected chi connectivity index (χ2v) is 8.24. The van der Waals surface area contributed by atoms with Gasteiger partial charge in [0.1, 0.15) is 17.3 Å². The van der Waals surface area contributed by atoms with Crippen molar-refractivity contribution in [3.63, 3.8) is 0 Å². The number of benzene rings is 1. The highest BCUT2D eigenvalue weighted by Gasteiger charge is 2.27. The maximum atomic E-state index is 14.6. The zero-order chi connectivity index (χ0) is 20.5. The van der Waals surface area contributed by atoms with Gasteiger partial charge in [0, 0.05) is 48.3 Å². The van der Waals surface area contributed by atoms with Gasteiger partial charge in [-0.05, 0) is 63.4 Å². The fourth-order valence-corrected chi connectivity index (χ4v) is 4.22. The van der Waals surface area contributed by atoms with Crippen LogP contribution in [0, 0.1) is 11.7 Å². The smallest absolute Gasteiger partial charge is 0.141 e. The van der Waals surface area contributed by atoms with E-state index in [0.29, 0.717) is 34.8 Å². The Labute approximate surface area is 169 Å². The van der Waals surface area contributed by atoms with Crippen molar-refractivity contribution in [3.8, 4) is 11.3 Å². The van der Waals surface area contributed by atoms with E-state index < -0.39 is 0 Å². The molecule has 4 rings (SSSR count). The quantitative estimate of drug-likeness (QED) is 0.663. The predicted molar refractivity (Wildman–Crippen MR) is 110 cm³/mol. The van der Waals surface area contributed by atoms with E-state index in [1.807, 2.05) is 12.1 Å². The van der Waals surface area contributed by atoms with Crippen molar-refractivity contribution >= 4 is 16.6 Å². The fraction of sp³-hybridized carbons (Fsp3) is 0.455. The van der Waals surface area contributed by atoms with Crippen molar-refractivity contribution in [1.29, 1.82) is 0 Å². The number of ketones is 1. The lowest BCUT2D eigenvalue weighted by atomic mass is 9.82. The molecular weight excluding hydrogens is 369 g/mol. The van der Waals surface area contributed by atoms with E-state index in [1.54, 1.807) is 17.9 Å². The number of fused-ring (bicyclic) bond motifs is 1. The summed E-state index contributed by atoms with van der Waals surface area (Å²) in [7, 11) is 5.97. The van der Waals surface area contributed by atoms with Crippen molar-refractivity contribution in [2.75, 3.05) is 14.1 Å². The molecule has 1 aliphatic rings. The van der Waals surface area contributed by atoms with Crippen molar-refractivity contribution in [1.82, 2.24) is 24.9 Å². The van der Waals surface area contributed by atoms with Crippen LogP contribution in [0.25, 0.3) is 22.0 Å². The van der Waals surface area contributed by atoms with Gasteiger partial charge in [0.2, 0.25) is 0 Å². The SMILES string of the molecule is CN(C)C1CCC(C(=O)Cc2cc3cc(-c4cn(C)nn4)cc(F)c3cn2)CC1. The van der Waals surface area contributed by atoms with E-state index >= 15 is 0 Å². The molecule has 152 valence electrons. The average molecular weight is 395 g/mol. The maximum absolute atomic E-state index is 14.6. The van der Waals surface area contributed by atoms with Crippen molar-refractivity contribution in [3.05, 3.63) is 42.1 Å². The van der Waals surface area contributed by atoms with Gasteiger partial charge in [0.05, 0.1) is 6.20 Å². The zero-order valence-corrected chi connectivity index (χ0v) is 17.1. The van der Waals surface area contributed by atoms with Crippen LogP contribution in [0.1, 0.15) is 31.4 Å². The van der Waals surface area contributed by atoms with Gasteiger partial charge in [-0.15, -0.1) is 5.10 Å². The molecule has 0 saturated heterocycles. The number of hydrogen-bond donors (Lipinski definition) is 0. The molecule has 3 aromatic rings. The van der Waals surface area contributed by atoms with Crippen LogP contribution in [0.15, 0.2) is 30.6 Å². The predicted octanol–water partition coefficient (Wildman–Crippen LogP) is 3.40. The van der Waals surface area contributed by atoms with Crippen LogP contribution >= 0.6 is 0 Å². The van der Waals surface area contributed by atoms with Gasteiger partial charge >= 0.3 is 0 Å². The topological polar surface area (TPSA) is 63.9 Å². The molecule has 0 spiro atoms. The molecule has 2 aromatic heterocycles. The molecule has 0 atom stereocenters. The highest BCUT2D eigenvalue weighted by molar-refractivity contribution is 5.88. The third-order valence-electron chi connectivity index (χ3n) is 5.98. The summed E-state index contributed by atoms with van der Waals surface area (Å²) in [5.41, 5.74) is 1.96. The van der Waals surface area contributed by atoms with Gasteiger partial charge in [0.15, 0.2) is 0 Å². The monoisotopic (exact) mass is 395 g/mol. The van der Waals surface area contributed by atoms with Crippen LogP contribution in [0.4, 0.5) is 4.39 Å². The third kappa shape index (κ3) is 4.19. The number of halogens is 1. The van der Waals surface area contributed by atoms with E-state index in [2.05, 4.69) is 34.3 Å². The van der Waals surface area contributed by atoms with Crippen LogP contribution < -0.4 is 0 Å². The molecule has 0 bridgehead atoms. The maximum Gasteiger partial charge on any atom is 0.141 e. The number of aromatic nitrogens is 4. The molecule has 0 unspecified atom stereocenters. The summed E-state index contributed by atoms with van der Waals surface area (Å²) in [5.74, 6) is -0.0125. The largest absolute Gasteiger partial charge is 0.306 e. The average Bonchev–Trinajstić information content (AvgIpc) is 3.14. The molecule has 0 radical (unpaired) electrons. The Morgan fingerprint density at radius 3 is 2.62 bits per heavy atom. The number of Topliss-reactive ketones (excluding diaryl/α,β-unsaturated/α-hetero) is 1. The molecule has 0 amide bonds. The Balaban J connectivity index is 1.53. The lowest BCUT2D eigenvalue weighted by Gasteiger charge is -2.31. The van der Waals surface area contributed by atoms with Crippen molar-refractivity contribution in [2.45, 2.75) is 38.1 Å². The molecule has 2 heterocycles. The zero-order valence-electron chi connectivity index (χ0n) is 17.1. The first-order valence-corrected chi connectivity index (χ1v) is 10.0. The summed E-state index contributed by atoms with van der Waals surface area (Å²) in [6, 6.07) is 5.71. The van der Waals surface area contributed by atoms with E-state index in [9.17, 15) is 9.18 Å². The minimum absolute atomic E-state index is 0.103. The number of nitrogens with zero attached hydrogens (tertiary/aromatic N) is 5.